The summed E-state index contributed by atoms with van der Waals surface area (Å²) in [6, 6.07) is 4.36. The number of nitrogens with one attached hydrogen (secondary N) is 2. The number of carbonyl (C=O) groups excluding carboxylic acids is 3. The molecule has 2 rings (SSSR count). The van der Waals surface area contributed by atoms with E-state index in [1.54, 1.807) is 33.8 Å². The third-order valence-corrected chi connectivity index (χ3v) is 3.85. The standard InChI is InChI=1S/C19H21FN2O5/c1-5-26-19(25)17-11(3)16(12(4)21-17)18(24)27-9-15(23)22-14-7-6-10(2)8-13(14)20/h6-8,21H,5,9H2,1-4H3,(H,22,23). The van der Waals surface area contributed by atoms with Crippen molar-refractivity contribution in [1.29, 1.82) is 0 Å². The van der Waals surface area contributed by atoms with E-state index >= 15 is 0 Å². The minimum absolute atomic E-state index is 0.000233. The summed E-state index contributed by atoms with van der Waals surface area (Å²) in [6.45, 7) is 6.19. The van der Waals surface area contributed by atoms with Crippen molar-refractivity contribution in [2.24, 2.45) is 0 Å². The molecule has 2 N–H and O–H groups in total. The Kier molecular flexibility index (Phi) is 6.33. The van der Waals surface area contributed by atoms with Crippen LogP contribution in [0.25, 0.3) is 0 Å². The van der Waals surface area contributed by atoms with Gasteiger partial charge in [-0.2, -0.15) is 0 Å². The summed E-state index contributed by atoms with van der Waals surface area (Å²) in [5.74, 6) is -2.60. The van der Waals surface area contributed by atoms with Gasteiger partial charge in [-0.1, -0.05) is 6.07 Å². The van der Waals surface area contributed by atoms with Crippen LogP contribution in [0.2, 0.25) is 0 Å². The molecule has 1 aromatic carbocycles. The molecule has 1 aromatic heterocycles. The highest BCUT2D eigenvalue weighted by molar-refractivity contribution is 6.00. The highest BCUT2D eigenvalue weighted by Crippen LogP contribution is 2.20. The number of aryl methyl sites for hydroxylation is 2. The first-order valence-electron chi connectivity index (χ1n) is 8.34. The van der Waals surface area contributed by atoms with Crippen LogP contribution in [0.3, 0.4) is 0 Å². The lowest BCUT2D eigenvalue weighted by Gasteiger charge is -2.08. The van der Waals surface area contributed by atoms with Crippen molar-refractivity contribution in [3.05, 3.63) is 52.1 Å². The quantitative estimate of drug-likeness (QED) is 0.755. The summed E-state index contributed by atoms with van der Waals surface area (Å²) in [5.41, 5.74) is 1.83. The van der Waals surface area contributed by atoms with E-state index < -0.39 is 30.3 Å². The van der Waals surface area contributed by atoms with Gasteiger partial charge in [0.2, 0.25) is 0 Å². The number of amides is 1. The largest absolute Gasteiger partial charge is 0.461 e. The molecule has 0 aliphatic heterocycles. The molecule has 0 aliphatic rings. The van der Waals surface area contributed by atoms with Gasteiger partial charge < -0.3 is 19.8 Å². The second-order valence-electron chi connectivity index (χ2n) is 5.95. The molecule has 0 saturated heterocycles. The minimum Gasteiger partial charge on any atom is -0.461 e. The van der Waals surface area contributed by atoms with Crippen LogP contribution in [0.1, 0.15) is 44.6 Å². The highest BCUT2D eigenvalue weighted by Gasteiger charge is 2.24. The number of ether oxygens (including phenoxy) is 2. The van der Waals surface area contributed by atoms with Gasteiger partial charge in [0.15, 0.2) is 6.61 Å². The molecule has 0 saturated carbocycles. The van der Waals surface area contributed by atoms with Crippen LogP contribution in [0.15, 0.2) is 18.2 Å². The molecule has 0 unspecified atom stereocenters. The monoisotopic (exact) mass is 376 g/mol. The van der Waals surface area contributed by atoms with E-state index in [0.717, 1.165) is 0 Å². The number of halogens is 1. The zero-order chi connectivity index (χ0) is 20.1. The second kappa shape index (κ2) is 8.48. The number of aromatic amines is 1. The van der Waals surface area contributed by atoms with Crippen molar-refractivity contribution in [3.63, 3.8) is 0 Å². The summed E-state index contributed by atoms with van der Waals surface area (Å²) < 4.78 is 23.7. The van der Waals surface area contributed by atoms with Crippen molar-refractivity contribution < 1.29 is 28.2 Å². The maximum atomic E-state index is 13.8. The zero-order valence-corrected chi connectivity index (χ0v) is 15.6. The number of hydrogen-bond acceptors (Lipinski definition) is 5. The first-order valence-corrected chi connectivity index (χ1v) is 8.34. The number of aromatic nitrogens is 1. The Morgan fingerprint density at radius 2 is 1.81 bits per heavy atom. The zero-order valence-electron chi connectivity index (χ0n) is 15.6. The van der Waals surface area contributed by atoms with Gasteiger partial charge in [-0.25, -0.2) is 14.0 Å². The van der Waals surface area contributed by atoms with Crippen LogP contribution in [0.5, 0.6) is 0 Å². The van der Waals surface area contributed by atoms with Gasteiger partial charge in [-0.3, -0.25) is 4.79 Å². The van der Waals surface area contributed by atoms with Crippen molar-refractivity contribution >= 4 is 23.5 Å². The normalized spacial score (nSPS) is 10.4. The van der Waals surface area contributed by atoms with E-state index in [0.29, 0.717) is 16.8 Å². The molecule has 2 aromatic rings. The number of rotatable bonds is 6. The fourth-order valence-electron chi connectivity index (χ4n) is 2.57. The van der Waals surface area contributed by atoms with Crippen molar-refractivity contribution in [2.75, 3.05) is 18.5 Å². The van der Waals surface area contributed by atoms with Crippen LogP contribution >= 0.6 is 0 Å². The molecular formula is C19H21FN2O5. The molecule has 0 spiro atoms. The number of esters is 2. The minimum atomic E-state index is -0.767. The first kappa shape index (κ1) is 20.2. The number of anilines is 1. The van der Waals surface area contributed by atoms with Crippen molar-refractivity contribution in [1.82, 2.24) is 4.98 Å². The summed E-state index contributed by atoms with van der Waals surface area (Å²) in [4.78, 5) is 38.9. The molecule has 0 atom stereocenters. The van der Waals surface area contributed by atoms with Gasteiger partial charge >= 0.3 is 11.9 Å². The average Bonchev–Trinajstić information content (AvgIpc) is 2.90. The van der Waals surface area contributed by atoms with Gasteiger partial charge in [0, 0.05) is 5.69 Å². The van der Waals surface area contributed by atoms with Crippen LogP contribution in [-0.4, -0.2) is 36.0 Å². The Labute approximate surface area is 155 Å². The van der Waals surface area contributed by atoms with Crippen molar-refractivity contribution in [2.45, 2.75) is 27.7 Å². The van der Waals surface area contributed by atoms with Gasteiger partial charge in [-0.05, 0) is 51.0 Å². The Balaban J connectivity index is 2.03. The average molecular weight is 376 g/mol. The maximum Gasteiger partial charge on any atom is 0.355 e. The molecule has 1 amide bonds. The lowest BCUT2D eigenvalue weighted by Crippen LogP contribution is -2.22. The Bertz CT molecular complexity index is 888. The number of carbonyl (C=O) groups is 3. The van der Waals surface area contributed by atoms with E-state index in [1.165, 1.54) is 12.1 Å². The molecule has 0 radical (unpaired) electrons. The number of benzene rings is 1. The molecule has 27 heavy (non-hydrogen) atoms. The first-order chi connectivity index (χ1) is 12.7. The molecular weight excluding hydrogens is 355 g/mol. The lowest BCUT2D eigenvalue weighted by atomic mass is 10.1. The fraction of sp³-hybridized carbons (Fsp3) is 0.316. The maximum absolute atomic E-state index is 13.8. The van der Waals surface area contributed by atoms with E-state index in [2.05, 4.69) is 10.3 Å². The summed E-state index contributed by atoms with van der Waals surface area (Å²) in [5, 5.41) is 2.34. The third-order valence-electron chi connectivity index (χ3n) is 3.85. The Hall–Kier alpha value is -3.16. The van der Waals surface area contributed by atoms with Crippen LogP contribution in [0.4, 0.5) is 10.1 Å². The number of H-pyrrole nitrogens is 1. The topological polar surface area (TPSA) is 97.5 Å². The Morgan fingerprint density at radius 3 is 2.44 bits per heavy atom. The van der Waals surface area contributed by atoms with Gasteiger partial charge in [0.1, 0.15) is 11.5 Å². The van der Waals surface area contributed by atoms with Crippen LogP contribution in [0, 0.1) is 26.6 Å². The molecule has 7 nitrogen and oxygen atoms in total. The molecule has 144 valence electrons. The summed E-state index contributed by atoms with van der Waals surface area (Å²) >= 11 is 0. The van der Waals surface area contributed by atoms with Gasteiger partial charge in [0.05, 0.1) is 17.9 Å². The number of hydrogen-bond donors (Lipinski definition) is 2. The van der Waals surface area contributed by atoms with E-state index in [-0.39, 0.29) is 23.6 Å². The smallest absolute Gasteiger partial charge is 0.355 e. The highest BCUT2D eigenvalue weighted by atomic mass is 19.1. The predicted molar refractivity (Wildman–Crippen MR) is 96.3 cm³/mol. The van der Waals surface area contributed by atoms with Crippen LogP contribution in [-0.2, 0) is 14.3 Å². The molecule has 0 fully saturated rings. The third kappa shape index (κ3) is 4.72. The molecule has 8 heteroatoms. The van der Waals surface area contributed by atoms with E-state index in [4.69, 9.17) is 9.47 Å². The van der Waals surface area contributed by atoms with Gasteiger partial charge in [0.25, 0.3) is 5.91 Å². The van der Waals surface area contributed by atoms with E-state index in [9.17, 15) is 18.8 Å². The fourth-order valence-corrected chi connectivity index (χ4v) is 2.57. The SMILES string of the molecule is CCOC(=O)c1[nH]c(C)c(C(=O)OCC(=O)Nc2ccc(C)cc2F)c1C. The summed E-state index contributed by atoms with van der Waals surface area (Å²) in [6.07, 6.45) is 0. The second-order valence-corrected chi connectivity index (χ2v) is 5.95. The van der Waals surface area contributed by atoms with Gasteiger partial charge in [-0.15, -0.1) is 0 Å². The Morgan fingerprint density at radius 1 is 1.11 bits per heavy atom. The molecule has 0 aliphatic carbocycles. The predicted octanol–water partition coefficient (Wildman–Crippen LogP) is 3.05. The molecule has 0 bridgehead atoms. The lowest BCUT2D eigenvalue weighted by molar-refractivity contribution is -0.119. The summed E-state index contributed by atoms with van der Waals surface area (Å²) in [7, 11) is 0. The van der Waals surface area contributed by atoms with Crippen molar-refractivity contribution in [3.8, 4) is 0 Å². The van der Waals surface area contributed by atoms with Crippen LogP contribution < -0.4 is 5.32 Å². The molecule has 1 heterocycles. The van der Waals surface area contributed by atoms with E-state index in [1.807, 2.05) is 0 Å².